The Morgan fingerprint density at radius 2 is 2.29 bits per heavy atom. The van der Waals surface area contributed by atoms with E-state index in [0.29, 0.717) is 5.92 Å². The molecule has 1 aliphatic rings. The molecule has 0 aromatic rings. The summed E-state index contributed by atoms with van der Waals surface area (Å²) >= 11 is 0. The van der Waals surface area contributed by atoms with Crippen molar-refractivity contribution in [2.24, 2.45) is 11.8 Å². The summed E-state index contributed by atoms with van der Waals surface area (Å²) in [5.41, 5.74) is 0. The highest BCUT2D eigenvalue weighted by Gasteiger charge is 2.24. The van der Waals surface area contributed by atoms with Crippen LogP contribution in [0.25, 0.3) is 0 Å². The summed E-state index contributed by atoms with van der Waals surface area (Å²) < 4.78 is 0. The van der Waals surface area contributed by atoms with E-state index in [1.807, 2.05) is 0 Å². The number of carboxylic acid groups (broad SMARTS) is 1. The van der Waals surface area contributed by atoms with Crippen molar-refractivity contribution in [3.05, 3.63) is 0 Å². The van der Waals surface area contributed by atoms with Crippen LogP contribution in [0, 0.1) is 11.8 Å². The van der Waals surface area contributed by atoms with Crippen LogP contribution in [-0.2, 0) is 4.79 Å². The van der Waals surface area contributed by atoms with Crippen LogP contribution in [-0.4, -0.2) is 35.6 Å². The summed E-state index contributed by atoms with van der Waals surface area (Å²) in [5.74, 6) is -0.0460. The van der Waals surface area contributed by atoms with Crippen LogP contribution in [0.2, 0.25) is 0 Å². The molecular formula is C11H21NO2. The molecular weight excluding hydrogens is 178 g/mol. The highest BCUT2D eigenvalue weighted by Crippen LogP contribution is 2.17. The molecule has 0 amide bonds. The first-order valence-corrected chi connectivity index (χ1v) is 5.54. The first kappa shape index (κ1) is 11.5. The highest BCUT2D eigenvalue weighted by atomic mass is 16.4. The molecule has 1 atom stereocenters. The van der Waals surface area contributed by atoms with E-state index in [4.69, 9.17) is 5.11 Å². The molecule has 3 nitrogen and oxygen atoms in total. The van der Waals surface area contributed by atoms with Gasteiger partial charge in [0.1, 0.15) is 0 Å². The zero-order valence-electron chi connectivity index (χ0n) is 9.20. The van der Waals surface area contributed by atoms with E-state index in [1.165, 1.54) is 6.42 Å². The van der Waals surface area contributed by atoms with E-state index in [2.05, 4.69) is 18.7 Å². The van der Waals surface area contributed by atoms with Gasteiger partial charge in [-0.25, -0.2) is 0 Å². The van der Waals surface area contributed by atoms with Gasteiger partial charge in [-0.3, -0.25) is 4.79 Å². The van der Waals surface area contributed by atoms with Crippen LogP contribution in [0.3, 0.4) is 0 Å². The van der Waals surface area contributed by atoms with Crippen molar-refractivity contribution in [3.8, 4) is 0 Å². The van der Waals surface area contributed by atoms with Crippen LogP contribution in [0.4, 0.5) is 0 Å². The molecule has 3 heteroatoms. The van der Waals surface area contributed by atoms with Gasteiger partial charge in [0.15, 0.2) is 0 Å². The second-order valence-corrected chi connectivity index (χ2v) is 4.66. The van der Waals surface area contributed by atoms with Crippen LogP contribution in [0.15, 0.2) is 0 Å². The molecule has 0 bridgehead atoms. The van der Waals surface area contributed by atoms with Crippen molar-refractivity contribution >= 4 is 5.97 Å². The predicted molar refractivity (Wildman–Crippen MR) is 56.3 cm³/mol. The number of rotatable bonds is 4. The number of hydrogen-bond acceptors (Lipinski definition) is 2. The Morgan fingerprint density at radius 3 is 2.86 bits per heavy atom. The van der Waals surface area contributed by atoms with Crippen molar-refractivity contribution in [3.63, 3.8) is 0 Å². The standard InChI is InChI=1S/C11H21NO2/c1-9(2)5-7-12-6-3-4-10(8-12)11(13)14/h9-10H,3-8H2,1-2H3,(H,13,14). The van der Waals surface area contributed by atoms with Gasteiger partial charge in [-0.1, -0.05) is 13.8 Å². The lowest BCUT2D eigenvalue weighted by Crippen LogP contribution is -2.39. The molecule has 0 spiro atoms. The van der Waals surface area contributed by atoms with Crippen molar-refractivity contribution < 1.29 is 9.90 Å². The molecule has 1 rings (SSSR count). The second kappa shape index (κ2) is 5.35. The molecule has 0 aliphatic carbocycles. The largest absolute Gasteiger partial charge is 0.481 e. The number of nitrogens with zero attached hydrogens (tertiary/aromatic N) is 1. The van der Waals surface area contributed by atoms with Gasteiger partial charge in [0.05, 0.1) is 5.92 Å². The third kappa shape index (κ3) is 3.66. The Morgan fingerprint density at radius 1 is 1.57 bits per heavy atom. The van der Waals surface area contributed by atoms with Crippen molar-refractivity contribution in [1.29, 1.82) is 0 Å². The molecule has 1 unspecified atom stereocenters. The van der Waals surface area contributed by atoms with Crippen LogP contribution >= 0.6 is 0 Å². The number of piperidine rings is 1. The van der Waals surface area contributed by atoms with Crippen LogP contribution in [0.5, 0.6) is 0 Å². The molecule has 0 aromatic heterocycles. The fraction of sp³-hybridized carbons (Fsp3) is 0.909. The molecule has 1 fully saturated rings. The molecule has 1 saturated heterocycles. The lowest BCUT2D eigenvalue weighted by Gasteiger charge is -2.30. The molecule has 1 aliphatic heterocycles. The van der Waals surface area contributed by atoms with Gasteiger partial charge in [-0.15, -0.1) is 0 Å². The monoisotopic (exact) mass is 199 g/mol. The number of aliphatic carboxylic acids is 1. The third-order valence-electron chi connectivity index (χ3n) is 2.88. The van der Waals surface area contributed by atoms with Gasteiger partial charge in [-0.05, 0) is 38.3 Å². The summed E-state index contributed by atoms with van der Waals surface area (Å²) in [6, 6.07) is 0. The minimum atomic E-state index is -0.626. The van der Waals surface area contributed by atoms with Crippen molar-refractivity contribution in [2.75, 3.05) is 19.6 Å². The number of carbonyl (C=O) groups is 1. The van der Waals surface area contributed by atoms with E-state index < -0.39 is 5.97 Å². The zero-order chi connectivity index (χ0) is 10.6. The Kier molecular flexibility index (Phi) is 4.39. The number of carboxylic acids is 1. The molecule has 82 valence electrons. The third-order valence-corrected chi connectivity index (χ3v) is 2.88. The molecule has 1 heterocycles. The fourth-order valence-electron chi connectivity index (χ4n) is 1.90. The average molecular weight is 199 g/mol. The Hall–Kier alpha value is -0.570. The lowest BCUT2D eigenvalue weighted by molar-refractivity contribution is -0.143. The molecule has 1 N–H and O–H groups in total. The van der Waals surface area contributed by atoms with E-state index in [1.54, 1.807) is 0 Å². The molecule has 0 aromatic carbocycles. The number of hydrogen-bond donors (Lipinski definition) is 1. The lowest BCUT2D eigenvalue weighted by atomic mass is 9.97. The maximum absolute atomic E-state index is 10.8. The maximum Gasteiger partial charge on any atom is 0.307 e. The van der Waals surface area contributed by atoms with Crippen LogP contribution < -0.4 is 0 Å². The van der Waals surface area contributed by atoms with E-state index in [9.17, 15) is 4.79 Å². The van der Waals surface area contributed by atoms with E-state index in [-0.39, 0.29) is 5.92 Å². The van der Waals surface area contributed by atoms with E-state index >= 15 is 0 Å². The normalized spacial score (nSPS) is 24.1. The van der Waals surface area contributed by atoms with Gasteiger partial charge >= 0.3 is 5.97 Å². The first-order valence-electron chi connectivity index (χ1n) is 5.54. The zero-order valence-corrected chi connectivity index (χ0v) is 9.20. The smallest absolute Gasteiger partial charge is 0.307 e. The minimum Gasteiger partial charge on any atom is -0.481 e. The summed E-state index contributed by atoms with van der Waals surface area (Å²) in [7, 11) is 0. The first-order chi connectivity index (χ1) is 6.59. The highest BCUT2D eigenvalue weighted by molar-refractivity contribution is 5.70. The Bertz CT molecular complexity index is 192. The van der Waals surface area contributed by atoms with Gasteiger partial charge in [0.2, 0.25) is 0 Å². The summed E-state index contributed by atoms with van der Waals surface area (Å²) in [6.07, 6.45) is 3.06. The molecule has 14 heavy (non-hydrogen) atoms. The van der Waals surface area contributed by atoms with Gasteiger partial charge in [0.25, 0.3) is 0 Å². The van der Waals surface area contributed by atoms with Crippen LogP contribution in [0.1, 0.15) is 33.1 Å². The average Bonchev–Trinajstić information content (AvgIpc) is 2.15. The second-order valence-electron chi connectivity index (χ2n) is 4.66. The van der Waals surface area contributed by atoms with Gasteiger partial charge in [0, 0.05) is 6.54 Å². The summed E-state index contributed by atoms with van der Waals surface area (Å²) in [5, 5.41) is 8.91. The number of likely N-dealkylation sites (tertiary alicyclic amines) is 1. The summed E-state index contributed by atoms with van der Waals surface area (Å²) in [4.78, 5) is 13.1. The predicted octanol–water partition coefficient (Wildman–Crippen LogP) is 1.83. The SMILES string of the molecule is CC(C)CCN1CCCC(C(=O)O)C1. The maximum atomic E-state index is 10.8. The van der Waals surface area contributed by atoms with Crippen molar-refractivity contribution in [1.82, 2.24) is 4.90 Å². The van der Waals surface area contributed by atoms with Gasteiger partial charge in [-0.2, -0.15) is 0 Å². The fourth-order valence-corrected chi connectivity index (χ4v) is 1.90. The van der Waals surface area contributed by atoms with Crippen molar-refractivity contribution in [2.45, 2.75) is 33.1 Å². The Balaban J connectivity index is 2.29. The molecule has 0 saturated carbocycles. The molecule has 0 radical (unpaired) electrons. The quantitative estimate of drug-likeness (QED) is 0.751. The van der Waals surface area contributed by atoms with Gasteiger partial charge < -0.3 is 10.0 Å². The minimum absolute atomic E-state index is 0.129. The summed E-state index contributed by atoms with van der Waals surface area (Å²) in [6.45, 7) is 7.30. The topological polar surface area (TPSA) is 40.5 Å². The Labute approximate surface area is 86.1 Å². The van der Waals surface area contributed by atoms with E-state index in [0.717, 1.165) is 32.5 Å².